The van der Waals surface area contributed by atoms with Crippen LogP contribution in [-0.4, -0.2) is 10.8 Å². The molecule has 0 unspecified atom stereocenters. The summed E-state index contributed by atoms with van der Waals surface area (Å²) >= 11 is 0. The molecule has 0 N–H and O–H groups in total. The summed E-state index contributed by atoms with van der Waals surface area (Å²) in [6.45, 7) is 0. The van der Waals surface area contributed by atoms with Gasteiger partial charge < -0.3 is 0 Å². The highest BCUT2D eigenvalue weighted by Crippen LogP contribution is 1.88. The minimum absolute atomic E-state index is 0. The lowest BCUT2D eigenvalue weighted by molar-refractivity contribution is -0.112. The number of nitrogens with zero attached hydrogens (tertiary/aromatic N) is 1. The largest absolute Gasteiger partial charge is 0.294 e. The number of ketones is 1. The fourth-order valence-electron chi connectivity index (χ4n) is 1.15. The van der Waals surface area contributed by atoms with E-state index in [1.165, 1.54) is 0 Å². The van der Waals surface area contributed by atoms with E-state index in [1.54, 1.807) is 12.3 Å². The number of halogens is 2. The van der Waals surface area contributed by atoms with Crippen molar-refractivity contribution in [3.05, 3.63) is 28.9 Å². The number of fused-ring (bicyclic) bond motifs is 1. The SMILES string of the molecule is Cl.Cl.O=C1C=c2ncccc2=CC1. The molecule has 0 spiro atoms. The molecular weight excluding hydrogens is 209 g/mol. The third kappa shape index (κ3) is 2.54. The molecule has 0 aliphatic heterocycles. The predicted molar refractivity (Wildman–Crippen MR) is 56.5 cm³/mol. The lowest BCUT2D eigenvalue weighted by atomic mass is 10.1. The first-order chi connectivity index (χ1) is 5.36. The number of Topliss-reactive ketones (excluding diaryl/α,β-unsaturated/α-hetero) is 1. The van der Waals surface area contributed by atoms with Gasteiger partial charge >= 0.3 is 0 Å². The number of carbonyl (C=O) groups is 1. The van der Waals surface area contributed by atoms with Crippen LogP contribution in [0.25, 0.3) is 12.2 Å². The number of aromatic nitrogens is 1. The van der Waals surface area contributed by atoms with E-state index < -0.39 is 0 Å². The van der Waals surface area contributed by atoms with Crippen molar-refractivity contribution in [2.75, 3.05) is 0 Å². The lowest BCUT2D eigenvalue weighted by Crippen LogP contribution is -2.31. The van der Waals surface area contributed by atoms with Crippen LogP contribution in [-0.2, 0) is 4.79 Å². The summed E-state index contributed by atoms with van der Waals surface area (Å²) in [5.74, 6) is 0.135. The molecule has 70 valence electrons. The Morgan fingerprint density at radius 2 is 2.08 bits per heavy atom. The predicted octanol–water partition coefficient (Wildman–Crippen LogP) is 0.459. The molecule has 0 atom stereocenters. The Hall–Kier alpha value is -0.860. The van der Waals surface area contributed by atoms with Crippen LogP contribution in [0.2, 0.25) is 0 Å². The van der Waals surface area contributed by atoms with E-state index in [9.17, 15) is 4.79 Å². The molecule has 4 heteroatoms. The number of rotatable bonds is 0. The van der Waals surface area contributed by atoms with Crippen LogP contribution < -0.4 is 10.6 Å². The quantitative estimate of drug-likeness (QED) is 0.633. The van der Waals surface area contributed by atoms with Crippen LogP contribution in [0.3, 0.4) is 0 Å². The molecule has 1 aromatic heterocycles. The Balaban J connectivity index is 0.000000720. The van der Waals surface area contributed by atoms with E-state index in [0.29, 0.717) is 6.42 Å². The minimum Gasteiger partial charge on any atom is -0.294 e. The molecule has 0 radical (unpaired) electrons. The van der Waals surface area contributed by atoms with Crippen molar-refractivity contribution in [1.29, 1.82) is 0 Å². The van der Waals surface area contributed by atoms with Gasteiger partial charge in [-0.15, -0.1) is 24.8 Å². The zero-order valence-corrected chi connectivity index (χ0v) is 8.40. The summed E-state index contributed by atoms with van der Waals surface area (Å²) in [6.07, 6.45) is 5.71. The number of pyridine rings is 1. The first-order valence-corrected chi connectivity index (χ1v) is 3.52. The molecule has 2 nitrogen and oxygen atoms in total. The molecule has 2 rings (SSSR count). The third-order valence-electron chi connectivity index (χ3n) is 1.69. The average molecular weight is 218 g/mol. The highest BCUT2D eigenvalue weighted by Gasteiger charge is 1.99. The summed E-state index contributed by atoms with van der Waals surface area (Å²) in [6, 6.07) is 3.84. The zero-order valence-electron chi connectivity index (χ0n) is 6.77. The molecule has 1 aliphatic carbocycles. The van der Waals surface area contributed by atoms with Gasteiger partial charge in [-0.2, -0.15) is 0 Å². The fraction of sp³-hybridized carbons (Fsp3) is 0.111. The molecule has 0 bridgehead atoms. The summed E-state index contributed by atoms with van der Waals surface area (Å²) in [5.41, 5.74) is 0. The van der Waals surface area contributed by atoms with Crippen LogP contribution in [0.15, 0.2) is 18.3 Å². The standard InChI is InChI=1S/C9H7NO.2ClH/c11-8-4-3-7-2-1-5-10-9(7)6-8;;/h1-3,5-6H,4H2;2*1H. The van der Waals surface area contributed by atoms with Gasteiger partial charge in [0.1, 0.15) is 0 Å². The molecule has 1 aliphatic rings. The second kappa shape index (κ2) is 5.00. The van der Waals surface area contributed by atoms with Crippen molar-refractivity contribution in [1.82, 2.24) is 4.98 Å². The van der Waals surface area contributed by atoms with Crippen LogP contribution in [0.1, 0.15) is 6.42 Å². The van der Waals surface area contributed by atoms with Crippen molar-refractivity contribution < 1.29 is 4.79 Å². The van der Waals surface area contributed by atoms with E-state index in [1.807, 2.05) is 18.2 Å². The second-order valence-electron chi connectivity index (χ2n) is 2.50. The highest BCUT2D eigenvalue weighted by atomic mass is 35.5. The number of hydrogen-bond donors (Lipinski definition) is 0. The van der Waals surface area contributed by atoms with Crippen molar-refractivity contribution in [2.24, 2.45) is 0 Å². The second-order valence-corrected chi connectivity index (χ2v) is 2.50. The average Bonchev–Trinajstić information content (AvgIpc) is 2.04. The Kier molecular flexibility index (Phi) is 4.67. The molecule has 13 heavy (non-hydrogen) atoms. The van der Waals surface area contributed by atoms with E-state index >= 15 is 0 Å². The van der Waals surface area contributed by atoms with E-state index in [4.69, 9.17) is 0 Å². The first-order valence-electron chi connectivity index (χ1n) is 3.52. The Labute approximate surface area is 88.2 Å². The zero-order chi connectivity index (χ0) is 7.68. The van der Waals surface area contributed by atoms with Gasteiger partial charge in [0.15, 0.2) is 5.78 Å². The third-order valence-corrected chi connectivity index (χ3v) is 1.69. The van der Waals surface area contributed by atoms with Gasteiger partial charge in [0.2, 0.25) is 0 Å². The molecular formula is C9H9Cl2NO. The fourth-order valence-corrected chi connectivity index (χ4v) is 1.15. The molecule has 0 saturated heterocycles. The highest BCUT2D eigenvalue weighted by molar-refractivity contribution is 6.08. The van der Waals surface area contributed by atoms with Gasteiger partial charge in [-0.25, -0.2) is 0 Å². The van der Waals surface area contributed by atoms with Crippen molar-refractivity contribution >= 4 is 42.7 Å². The first kappa shape index (κ1) is 12.1. The van der Waals surface area contributed by atoms with E-state index in [0.717, 1.165) is 10.6 Å². The topological polar surface area (TPSA) is 30.0 Å². The van der Waals surface area contributed by atoms with Gasteiger partial charge in [0.25, 0.3) is 0 Å². The van der Waals surface area contributed by atoms with Crippen LogP contribution in [0, 0.1) is 0 Å². The molecule has 0 aromatic carbocycles. The van der Waals surface area contributed by atoms with Crippen molar-refractivity contribution in [2.45, 2.75) is 6.42 Å². The Morgan fingerprint density at radius 3 is 2.85 bits per heavy atom. The van der Waals surface area contributed by atoms with Crippen molar-refractivity contribution in [3.8, 4) is 0 Å². The smallest absolute Gasteiger partial charge is 0.161 e. The van der Waals surface area contributed by atoms with Gasteiger partial charge in [0.05, 0.1) is 5.35 Å². The van der Waals surface area contributed by atoms with Gasteiger partial charge in [-0.3, -0.25) is 9.78 Å². The summed E-state index contributed by atoms with van der Waals surface area (Å²) in [5, 5.41) is 1.86. The summed E-state index contributed by atoms with van der Waals surface area (Å²) in [7, 11) is 0. The Bertz CT molecular complexity index is 414. The van der Waals surface area contributed by atoms with Gasteiger partial charge in [-0.05, 0) is 11.3 Å². The normalized spacial score (nSPS) is 12.5. The molecule has 0 saturated carbocycles. The lowest BCUT2D eigenvalue weighted by Gasteiger charge is -1.95. The van der Waals surface area contributed by atoms with Gasteiger partial charge in [-0.1, -0.05) is 12.1 Å². The monoisotopic (exact) mass is 217 g/mol. The molecule has 1 aromatic rings. The molecule has 1 heterocycles. The maximum Gasteiger partial charge on any atom is 0.161 e. The van der Waals surface area contributed by atoms with Crippen LogP contribution in [0.4, 0.5) is 0 Å². The molecule has 0 amide bonds. The van der Waals surface area contributed by atoms with Crippen LogP contribution >= 0.6 is 24.8 Å². The Morgan fingerprint density at radius 1 is 1.31 bits per heavy atom. The number of hydrogen-bond acceptors (Lipinski definition) is 2. The van der Waals surface area contributed by atoms with E-state index in [-0.39, 0.29) is 30.6 Å². The molecule has 0 fully saturated rings. The number of carbonyl (C=O) groups excluding carboxylic acids is 1. The van der Waals surface area contributed by atoms with E-state index in [2.05, 4.69) is 4.98 Å². The van der Waals surface area contributed by atoms with Crippen LogP contribution in [0.5, 0.6) is 0 Å². The van der Waals surface area contributed by atoms with Gasteiger partial charge in [0, 0.05) is 18.7 Å². The maximum atomic E-state index is 10.9. The minimum atomic E-state index is 0. The summed E-state index contributed by atoms with van der Waals surface area (Å²) < 4.78 is 0. The van der Waals surface area contributed by atoms with Crippen molar-refractivity contribution in [3.63, 3.8) is 0 Å². The maximum absolute atomic E-state index is 10.9. The summed E-state index contributed by atoms with van der Waals surface area (Å²) in [4.78, 5) is 15.0.